The number of hydrogen-bond acceptors (Lipinski definition) is 1. The molecule has 0 spiro atoms. The van der Waals surface area contributed by atoms with E-state index >= 15 is 0 Å². The molecule has 0 aromatic carbocycles. The number of nitrogens with one attached hydrogen (secondary N) is 1. The Balaban J connectivity index is 3.32. The Morgan fingerprint density at radius 3 is 1.78 bits per heavy atom. The first-order chi connectivity index (χ1) is 8.11. The maximum Gasteiger partial charge on any atom is 0.424 e. The summed E-state index contributed by atoms with van der Waals surface area (Å²) in [4.78, 5) is 5.39. The van der Waals surface area contributed by atoms with Crippen LogP contribution in [-0.4, -0.2) is 12.4 Å². The minimum absolute atomic E-state index is 0.467. The van der Waals surface area contributed by atoms with E-state index in [1.807, 2.05) is 0 Å². The van der Waals surface area contributed by atoms with E-state index < -0.39 is 41.6 Å². The number of hydrogen-bond donors (Lipinski definition) is 1. The van der Waals surface area contributed by atoms with Crippen molar-refractivity contribution < 1.29 is 26.3 Å². The molecule has 0 aromatic heterocycles. The molecule has 0 bridgehead atoms. The fraction of sp³-hybridized carbons (Fsp3) is 0.333. The lowest BCUT2D eigenvalue weighted by Crippen LogP contribution is -2.30. The summed E-state index contributed by atoms with van der Waals surface area (Å²) in [6, 6.07) is 0. The van der Waals surface area contributed by atoms with Crippen molar-refractivity contribution in [1.82, 2.24) is 5.32 Å². The first-order valence-corrected chi connectivity index (χ1v) is 4.24. The molecule has 1 heterocycles. The summed E-state index contributed by atoms with van der Waals surface area (Å²) in [5, 5.41) is 1.71. The summed E-state index contributed by atoms with van der Waals surface area (Å²) in [7, 11) is 0. The van der Waals surface area contributed by atoms with Gasteiger partial charge in [-0.2, -0.15) is 26.3 Å². The molecule has 3 nitrogen and oxygen atoms in total. The topological polar surface area (TPSA) is 20.8 Å². The van der Waals surface area contributed by atoms with Gasteiger partial charge in [0.25, 0.3) is 0 Å². The fourth-order valence-corrected chi connectivity index (χ4v) is 1.35. The molecule has 18 heavy (non-hydrogen) atoms. The van der Waals surface area contributed by atoms with Gasteiger partial charge in [-0.1, -0.05) is 6.57 Å². The molecule has 1 aliphatic heterocycles. The van der Waals surface area contributed by atoms with Crippen LogP contribution in [0.1, 0.15) is 6.42 Å². The first-order valence-electron chi connectivity index (χ1n) is 4.24. The van der Waals surface area contributed by atoms with Gasteiger partial charge in [0.1, 0.15) is 0 Å². The van der Waals surface area contributed by atoms with Gasteiger partial charge in [-0.05, 0) is 0 Å². The quantitative estimate of drug-likeness (QED) is 0.527. The molecule has 1 N–H and O–H groups in total. The van der Waals surface area contributed by atoms with Crippen molar-refractivity contribution in [3.8, 4) is 0 Å². The predicted octanol–water partition coefficient (Wildman–Crippen LogP) is 3.37. The zero-order chi connectivity index (χ0) is 14.1. The highest BCUT2D eigenvalue weighted by Crippen LogP contribution is 2.43. The summed E-state index contributed by atoms with van der Waals surface area (Å²) in [6.45, 7) is 13.1. The van der Waals surface area contributed by atoms with Crippen LogP contribution in [0.4, 0.5) is 26.3 Å². The van der Waals surface area contributed by atoms with Crippen LogP contribution in [0.25, 0.3) is 9.69 Å². The molecule has 9 heteroatoms. The van der Waals surface area contributed by atoms with Crippen LogP contribution < -0.4 is 5.32 Å². The van der Waals surface area contributed by atoms with Crippen molar-refractivity contribution in [2.75, 3.05) is 0 Å². The zero-order valence-electron chi connectivity index (χ0n) is 8.37. The molecule has 96 valence electrons. The monoisotopic (exact) mass is 267 g/mol. The lowest BCUT2D eigenvalue weighted by atomic mass is 10.1. The van der Waals surface area contributed by atoms with Crippen molar-refractivity contribution in [1.29, 1.82) is 0 Å². The van der Waals surface area contributed by atoms with E-state index in [1.54, 1.807) is 5.32 Å². The van der Waals surface area contributed by atoms with E-state index in [0.717, 1.165) is 0 Å². The van der Waals surface area contributed by atoms with Gasteiger partial charge in [0.2, 0.25) is 5.82 Å². The number of halogens is 6. The van der Waals surface area contributed by atoms with Crippen LogP contribution in [-0.2, 0) is 0 Å². The number of nitrogens with zero attached hydrogens (tertiary/aromatic N) is 2. The Morgan fingerprint density at radius 2 is 1.50 bits per heavy atom. The summed E-state index contributed by atoms with van der Waals surface area (Å²) in [5.41, 5.74) is -4.40. The van der Waals surface area contributed by atoms with Crippen LogP contribution in [0.3, 0.4) is 0 Å². The van der Waals surface area contributed by atoms with Gasteiger partial charge < -0.3 is 10.2 Å². The minimum Gasteiger partial charge on any atom is -0.375 e. The Bertz CT molecular complexity index is 464. The predicted molar refractivity (Wildman–Crippen MR) is 47.1 cm³/mol. The molecule has 0 saturated heterocycles. The van der Waals surface area contributed by atoms with E-state index in [9.17, 15) is 26.3 Å². The molecule has 0 amide bonds. The third-order valence-electron chi connectivity index (χ3n) is 2.00. The van der Waals surface area contributed by atoms with Gasteiger partial charge in [-0.25, -0.2) is 0 Å². The molecule has 0 aromatic rings. The molecule has 1 aliphatic rings. The summed E-state index contributed by atoms with van der Waals surface area (Å²) >= 11 is 0. The molecular formula is C9H3F6N3. The van der Waals surface area contributed by atoms with E-state index in [4.69, 9.17) is 13.1 Å². The van der Waals surface area contributed by atoms with E-state index in [2.05, 4.69) is 9.69 Å². The lowest BCUT2D eigenvalue weighted by molar-refractivity contribution is -0.173. The Kier molecular flexibility index (Phi) is 3.29. The smallest absolute Gasteiger partial charge is 0.375 e. The second-order valence-electron chi connectivity index (χ2n) is 3.17. The Morgan fingerprint density at radius 1 is 1.00 bits per heavy atom. The molecule has 1 rings (SSSR count). The van der Waals surface area contributed by atoms with Crippen LogP contribution in [0.5, 0.6) is 0 Å². The molecule has 0 aliphatic carbocycles. The molecule has 0 fully saturated rings. The van der Waals surface area contributed by atoms with E-state index in [1.165, 1.54) is 0 Å². The molecule has 0 atom stereocenters. The molecular weight excluding hydrogens is 264 g/mol. The summed E-state index contributed by atoms with van der Waals surface area (Å²) in [6.07, 6.45) is -12.1. The zero-order valence-corrected chi connectivity index (χ0v) is 8.37. The minimum atomic E-state index is -5.61. The average Bonchev–Trinajstić information content (AvgIpc) is 2.55. The second-order valence-corrected chi connectivity index (χ2v) is 3.17. The van der Waals surface area contributed by atoms with E-state index in [-0.39, 0.29) is 0 Å². The standard InChI is InChI=1S/C9H3F6N3/c1-16-5-3-4(18-7(5)17-2)6(8(10,11)12)9(13,14)15/h18H,3H2. The maximum absolute atomic E-state index is 12.3. The third-order valence-corrected chi connectivity index (χ3v) is 2.00. The molecule has 0 unspecified atom stereocenters. The third kappa shape index (κ3) is 2.56. The number of alkyl halides is 6. The van der Waals surface area contributed by atoms with Crippen LogP contribution in [0.2, 0.25) is 0 Å². The highest BCUT2D eigenvalue weighted by Gasteiger charge is 2.54. The van der Waals surface area contributed by atoms with E-state index in [0.29, 0.717) is 0 Å². The number of rotatable bonds is 0. The lowest BCUT2D eigenvalue weighted by Gasteiger charge is -2.16. The highest BCUT2D eigenvalue weighted by molar-refractivity contribution is 5.41. The van der Waals surface area contributed by atoms with Gasteiger partial charge in [-0.3, -0.25) is 4.85 Å². The van der Waals surface area contributed by atoms with Crippen LogP contribution in [0.15, 0.2) is 22.8 Å². The van der Waals surface area contributed by atoms with Crippen LogP contribution in [0, 0.1) is 13.1 Å². The first kappa shape index (κ1) is 13.9. The highest BCUT2D eigenvalue weighted by atomic mass is 19.4. The second kappa shape index (κ2) is 4.26. The van der Waals surface area contributed by atoms with Crippen LogP contribution >= 0.6 is 0 Å². The van der Waals surface area contributed by atoms with Gasteiger partial charge in [0.05, 0.1) is 12.3 Å². The summed E-state index contributed by atoms with van der Waals surface area (Å²) < 4.78 is 74.0. The average molecular weight is 267 g/mol. The van der Waals surface area contributed by atoms with Gasteiger partial charge in [0, 0.05) is 6.42 Å². The Hall–Kier alpha value is -2.16. The van der Waals surface area contributed by atoms with Crippen molar-refractivity contribution in [2.24, 2.45) is 0 Å². The van der Waals surface area contributed by atoms with Crippen molar-refractivity contribution in [3.05, 3.63) is 45.6 Å². The SMILES string of the molecule is [C-]#[N+]C1=C([N+]#[C-])NC(=C(C(F)(F)F)C(F)(F)F)C1. The molecule has 0 saturated carbocycles. The largest absolute Gasteiger partial charge is 0.424 e. The molecule has 0 radical (unpaired) electrons. The van der Waals surface area contributed by atoms with Crippen molar-refractivity contribution in [3.63, 3.8) is 0 Å². The fourth-order valence-electron chi connectivity index (χ4n) is 1.35. The van der Waals surface area contributed by atoms with Crippen molar-refractivity contribution in [2.45, 2.75) is 18.8 Å². The number of allylic oxidation sites excluding steroid dienone is 1. The summed E-state index contributed by atoms with van der Waals surface area (Å²) in [5.74, 6) is -0.606. The maximum atomic E-state index is 12.3. The van der Waals surface area contributed by atoms with Gasteiger partial charge >= 0.3 is 12.4 Å². The van der Waals surface area contributed by atoms with Gasteiger partial charge in [-0.15, -0.1) is 0 Å². The van der Waals surface area contributed by atoms with Gasteiger partial charge in [0.15, 0.2) is 11.3 Å². The normalized spacial score (nSPS) is 16.1. The Labute approximate surface area is 97.0 Å². The van der Waals surface area contributed by atoms with Crippen molar-refractivity contribution >= 4 is 0 Å².